The van der Waals surface area contributed by atoms with Gasteiger partial charge in [-0.3, -0.25) is 9.59 Å². The van der Waals surface area contributed by atoms with Crippen LogP contribution in [0.25, 0.3) is 10.6 Å². The fourth-order valence-corrected chi connectivity index (χ4v) is 4.52. The van der Waals surface area contributed by atoms with Crippen molar-refractivity contribution in [3.05, 3.63) is 40.4 Å². The molecule has 142 valence electrons. The van der Waals surface area contributed by atoms with Crippen molar-refractivity contribution in [2.45, 2.75) is 38.1 Å². The van der Waals surface area contributed by atoms with Gasteiger partial charge in [0, 0.05) is 30.1 Å². The zero-order chi connectivity index (χ0) is 18.8. The summed E-state index contributed by atoms with van der Waals surface area (Å²) in [6.45, 7) is 1.23. The number of halogens is 1. The highest BCUT2D eigenvalue weighted by atomic mass is 35.5. The summed E-state index contributed by atoms with van der Waals surface area (Å²) in [5.41, 5.74) is 1.64. The number of amides is 2. The molecular weight excluding hydrogens is 382 g/mol. The molecule has 7 heteroatoms. The molecular formula is C20H22ClN3O2S. The maximum atomic E-state index is 12.7. The van der Waals surface area contributed by atoms with Crippen LogP contribution in [0.1, 0.15) is 31.4 Å². The zero-order valence-corrected chi connectivity index (χ0v) is 16.6. The summed E-state index contributed by atoms with van der Waals surface area (Å²) in [7, 11) is 0. The fourth-order valence-electron chi connectivity index (χ4n) is 3.38. The second kappa shape index (κ2) is 7.98. The Morgan fingerprint density at radius 3 is 2.85 bits per heavy atom. The van der Waals surface area contributed by atoms with Crippen LogP contribution in [0.3, 0.4) is 0 Å². The average molecular weight is 404 g/mol. The molecule has 1 saturated carbocycles. The predicted molar refractivity (Wildman–Crippen MR) is 107 cm³/mol. The molecule has 1 atom stereocenters. The van der Waals surface area contributed by atoms with Crippen molar-refractivity contribution in [3.8, 4) is 10.6 Å². The molecule has 2 aromatic rings. The number of hydrogen-bond acceptors (Lipinski definition) is 4. The molecule has 0 spiro atoms. The maximum absolute atomic E-state index is 12.7. The van der Waals surface area contributed by atoms with E-state index in [-0.39, 0.29) is 24.2 Å². The number of carbonyl (C=O) groups excluding carboxylic acids is 2. The molecule has 2 amide bonds. The first-order valence-electron chi connectivity index (χ1n) is 9.37. The highest BCUT2D eigenvalue weighted by Crippen LogP contribution is 2.30. The molecule has 4 rings (SSSR count). The molecule has 1 aromatic heterocycles. The maximum Gasteiger partial charge on any atom is 0.228 e. The third-order valence-corrected chi connectivity index (χ3v) is 6.31. The van der Waals surface area contributed by atoms with Crippen molar-refractivity contribution >= 4 is 34.8 Å². The second-order valence-corrected chi connectivity index (χ2v) is 8.53. The van der Waals surface area contributed by atoms with Crippen LogP contribution in [0, 0.1) is 5.92 Å². The monoisotopic (exact) mass is 403 g/mol. The van der Waals surface area contributed by atoms with E-state index in [9.17, 15) is 9.59 Å². The van der Waals surface area contributed by atoms with E-state index in [4.69, 9.17) is 11.6 Å². The summed E-state index contributed by atoms with van der Waals surface area (Å²) >= 11 is 7.73. The lowest BCUT2D eigenvalue weighted by Gasteiger charge is -2.32. The second-order valence-electron chi connectivity index (χ2n) is 7.26. The van der Waals surface area contributed by atoms with Crippen molar-refractivity contribution in [1.82, 2.24) is 15.2 Å². The Morgan fingerprint density at radius 1 is 1.26 bits per heavy atom. The Morgan fingerprint density at radius 2 is 2.07 bits per heavy atom. The number of nitrogens with zero attached hydrogens (tertiary/aromatic N) is 2. The van der Waals surface area contributed by atoms with Gasteiger partial charge in [-0.2, -0.15) is 0 Å². The van der Waals surface area contributed by atoms with Crippen molar-refractivity contribution in [2.24, 2.45) is 5.92 Å². The van der Waals surface area contributed by atoms with Gasteiger partial charge in [-0.25, -0.2) is 4.98 Å². The molecule has 1 aliphatic carbocycles. The molecule has 2 fully saturated rings. The van der Waals surface area contributed by atoms with Gasteiger partial charge in [0.15, 0.2) is 0 Å². The Labute approximate surface area is 167 Å². The molecule has 0 radical (unpaired) electrons. The van der Waals surface area contributed by atoms with E-state index in [1.165, 1.54) is 11.3 Å². The first-order chi connectivity index (χ1) is 13.1. The molecule has 2 heterocycles. The number of hydrogen-bond donors (Lipinski definition) is 1. The zero-order valence-electron chi connectivity index (χ0n) is 15.0. The minimum absolute atomic E-state index is 0.0370. The number of nitrogens with one attached hydrogen (secondary N) is 1. The van der Waals surface area contributed by atoms with E-state index < -0.39 is 0 Å². The van der Waals surface area contributed by atoms with Gasteiger partial charge in [-0.1, -0.05) is 29.8 Å². The van der Waals surface area contributed by atoms with Gasteiger partial charge in [0.2, 0.25) is 11.8 Å². The largest absolute Gasteiger partial charge is 0.353 e. The minimum atomic E-state index is -0.0857. The van der Waals surface area contributed by atoms with Gasteiger partial charge in [-0.15, -0.1) is 11.3 Å². The third kappa shape index (κ3) is 4.50. The number of carbonyl (C=O) groups is 2. The summed E-state index contributed by atoms with van der Waals surface area (Å²) in [4.78, 5) is 31.4. The fraction of sp³-hybridized carbons (Fsp3) is 0.450. The lowest BCUT2D eigenvalue weighted by Crippen LogP contribution is -2.46. The lowest BCUT2D eigenvalue weighted by atomic mass is 9.96. The number of aromatic nitrogens is 1. The van der Waals surface area contributed by atoms with Gasteiger partial charge in [-0.05, 0) is 31.7 Å². The van der Waals surface area contributed by atoms with Crippen LogP contribution < -0.4 is 5.32 Å². The molecule has 2 aliphatic rings. The van der Waals surface area contributed by atoms with E-state index in [0.717, 1.165) is 41.9 Å². The van der Waals surface area contributed by atoms with Gasteiger partial charge in [0.1, 0.15) is 5.01 Å². The Balaban J connectivity index is 1.37. The normalized spacial score (nSPS) is 19.7. The molecule has 0 bridgehead atoms. The Kier molecular flexibility index (Phi) is 5.45. The Bertz CT molecular complexity index is 849. The van der Waals surface area contributed by atoms with Crippen LogP contribution in [0.4, 0.5) is 0 Å². The quantitative estimate of drug-likeness (QED) is 0.830. The smallest absolute Gasteiger partial charge is 0.228 e. The van der Waals surface area contributed by atoms with Crippen LogP contribution in [-0.4, -0.2) is 40.8 Å². The van der Waals surface area contributed by atoms with E-state index in [2.05, 4.69) is 10.3 Å². The Hall–Kier alpha value is -1.92. The van der Waals surface area contributed by atoms with Gasteiger partial charge < -0.3 is 10.2 Å². The van der Waals surface area contributed by atoms with E-state index in [1.807, 2.05) is 34.5 Å². The van der Waals surface area contributed by atoms with Gasteiger partial charge in [0.25, 0.3) is 0 Å². The van der Waals surface area contributed by atoms with Crippen molar-refractivity contribution in [2.75, 3.05) is 13.1 Å². The van der Waals surface area contributed by atoms with Crippen LogP contribution in [-0.2, 0) is 16.0 Å². The molecule has 1 aromatic carbocycles. The summed E-state index contributed by atoms with van der Waals surface area (Å²) in [5.74, 6) is 0.0528. The SMILES string of the molecule is O=C(NC1CC1)C1CCCN(C(=O)Cc2csc(-c3ccccc3Cl)n2)C1. The van der Waals surface area contributed by atoms with Crippen molar-refractivity contribution < 1.29 is 9.59 Å². The van der Waals surface area contributed by atoms with E-state index >= 15 is 0 Å². The molecule has 1 N–H and O–H groups in total. The predicted octanol–water partition coefficient (Wildman–Crippen LogP) is 3.52. The van der Waals surface area contributed by atoms with Gasteiger partial charge in [0.05, 0.1) is 23.1 Å². The summed E-state index contributed by atoms with van der Waals surface area (Å²) in [6.07, 6.45) is 4.15. The van der Waals surface area contributed by atoms with Crippen LogP contribution >= 0.6 is 22.9 Å². The number of benzene rings is 1. The average Bonchev–Trinajstić information content (AvgIpc) is 3.38. The third-order valence-electron chi connectivity index (χ3n) is 5.06. The molecule has 1 unspecified atom stereocenters. The summed E-state index contributed by atoms with van der Waals surface area (Å²) < 4.78 is 0. The standard InChI is InChI=1S/C20H22ClN3O2S/c21-17-6-2-1-5-16(17)20-23-15(12-27-20)10-18(25)24-9-3-4-13(11-24)19(26)22-14-7-8-14/h1-2,5-6,12-14H,3-4,7-11H2,(H,22,26). The molecule has 27 heavy (non-hydrogen) atoms. The topological polar surface area (TPSA) is 62.3 Å². The first kappa shape index (κ1) is 18.4. The molecule has 5 nitrogen and oxygen atoms in total. The number of likely N-dealkylation sites (tertiary alicyclic amines) is 1. The number of thiazole rings is 1. The highest BCUT2D eigenvalue weighted by molar-refractivity contribution is 7.13. The van der Waals surface area contributed by atoms with Crippen LogP contribution in [0.2, 0.25) is 5.02 Å². The molecule has 1 saturated heterocycles. The lowest BCUT2D eigenvalue weighted by molar-refractivity contribution is -0.135. The minimum Gasteiger partial charge on any atom is -0.353 e. The van der Waals surface area contributed by atoms with Crippen molar-refractivity contribution in [3.63, 3.8) is 0 Å². The van der Waals surface area contributed by atoms with Crippen LogP contribution in [0.5, 0.6) is 0 Å². The summed E-state index contributed by atoms with van der Waals surface area (Å²) in [6, 6.07) is 7.94. The molecule has 1 aliphatic heterocycles. The highest BCUT2D eigenvalue weighted by Gasteiger charge is 2.32. The van der Waals surface area contributed by atoms with Crippen LogP contribution in [0.15, 0.2) is 29.6 Å². The summed E-state index contributed by atoms with van der Waals surface area (Å²) in [5, 5.41) is 6.45. The van der Waals surface area contributed by atoms with E-state index in [0.29, 0.717) is 24.2 Å². The number of rotatable bonds is 5. The first-order valence-corrected chi connectivity index (χ1v) is 10.6. The van der Waals surface area contributed by atoms with E-state index in [1.54, 1.807) is 0 Å². The van der Waals surface area contributed by atoms with Crippen molar-refractivity contribution in [1.29, 1.82) is 0 Å². The number of piperidine rings is 1. The van der Waals surface area contributed by atoms with Gasteiger partial charge >= 0.3 is 0 Å².